The van der Waals surface area contributed by atoms with Crippen molar-refractivity contribution in [1.29, 1.82) is 0 Å². The molecule has 24 heavy (non-hydrogen) atoms. The first kappa shape index (κ1) is 16.1. The summed E-state index contributed by atoms with van der Waals surface area (Å²) in [5, 5.41) is 3.56. The lowest BCUT2D eigenvalue weighted by Gasteiger charge is -2.19. The average molecular weight is 317 g/mol. The summed E-state index contributed by atoms with van der Waals surface area (Å²) in [4.78, 5) is 0. The van der Waals surface area contributed by atoms with Crippen LogP contribution < -0.4 is 10.1 Å². The third-order valence-corrected chi connectivity index (χ3v) is 4.08. The molecule has 0 aliphatic rings. The third-order valence-electron chi connectivity index (χ3n) is 4.08. The second-order valence-corrected chi connectivity index (χ2v) is 5.71. The van der Waals surface area contributed by atoms with Crippen molar-refractivity contribution in [3.05, 3.63) is 96.1 Å². The molecule has 3 aromatic rings. The minimum absolute atomic E-state index is 0.318. The molecular weight excluding hydrogens is 294 g/mol. The molecule has 0 saturated heterocycles. The number of hydrogen-bond acceptors (Lipinski definition) is 2. The van der Waals surface area contributed by atoms with Gasteiger partial charge in [0.25, 0.3) is 0 Å². The first-order valence-corrected chi connectivity index (χ1v) is 8.43. The molecule has 122 valence electrons. The minimum Gasteiger partial charge on any atom is -0.494 e. The van der Waals surface area contributed by atoms with E-state index < -0.39 is 0 Å². The van der Waals surface area contributed by atoms with Crippen molar-refractivity contribution in [3.63, 3.8) is 0 Å². The van der Waals surface area contributed by atoms with Gasteiger partial charge in [0.1, 0.15) is 5.75 Å². The van der Waals surface area contributed by atoms with Crippen molar-refractivity contribution in [3.8, 4) is 5.75 Å². The van der Waals surface area contributed by atoms with Crippen LogP contribution >= 0.6 is 0 Å². The molecule has 2 nitrogen and oxygen atoms in total. The maximum atomic E-state index is 5.50. The molecule has 2 heteroatoms. The molecule has 0 atom stereocenters. The molecule has 0 radical (unpaired) electrons. The Kier molecular flexibility index (Phi) is 5.52. The van der Waals surface area contributed by atoms with Crippen molar-refractivity contribution >= 4 is 5.69 Å². The SMILES string of the molecule is CCOc1ccc(NCC(c2ccccc2)c2ccccc2)cc1. The summed E-state index contributed by atoms with van der Waals surface area (Å²) in [7, 11) is 0. The Morgan fingerprint density at radius 1 is 0.750 bits per heavy atom. The lowest BCUT2D eigenvalue weighted by molar-refractivity contribution is 0.340. The van der Waals surface area contributed by atoms with Gasteiger partial charge in [0.15, 0.2) is 0 Å². The zero-order chi connectivity index (χ0) is 16.6. The summed E-state index contributed by atoms with van der Waals surface area (Å²) in [6.07, 6.45) is 0. The zero-order valence-electron chi connectivity index (χ0n) is 14.0. The van der Waals surface area contributed by atoms with Gasteiger partial charge in [-0.1, -0.05) is 60.7 Å². The summed E-state index contributed by atoms with van der Waals surface area (Å²) in [5.74, 6) is 1.23. The number of rotatable bonds is 7. The number of anilines is 1. The van der Waals surface area contributed by atoms with Crippen LogP contribution in [0.15, 0.2) is 84.9 Å². The average Bonchev–Trinajstić information content (AvgIpc) is 2.65. The molecule has 0 heterocycles. The lowest BCUT2D eigenvalue weighted by atomic mass is 9.91. The van der Waals surface area contributed by atoms with E-state index in [4.69, 9.17) is 4.74 Å². The molecule has 0 spiro atoms. The quantitative estimate of drug-likeness (QED) is 0.636. The van der Waals surface area contributed by atoms with E-state index in [1.807, 2.05) is 19.1 Å². The second kappa shape index (κ2) is 8.21. The van der Waals surface area contributed by atoms with E-state index in [9.17, 15) is 0 Å². The third kappa shape index (κ3) is 4.17. The fourth-order valence-corrected chi connectivity index (χ4v) is 2.85. The summed E-state index contributed by atoms with van der Waals surface area (Å²) < 4.78 is 5.50. The van der Waals surface area contributed by atoms with Crippen LogP contribution in [0.25, 0.3) is 0 Å². The molecule has 0 amide bonds. The van der Waals surface area contributed by atoms with E-state index in [-0.39, 0.29) is 0 Å². The van der Waals surface area contributed by atoms with Gasteiger partial charge in [-0.25, -0.2) is 0 Å². The maximum absolute atomic E-state index is 5.50. The molecular formula is C22H23NO. The van der Waals surface area contributed by atoms with Crippen LogP contribution in [0.1, 0.15) is 24.0 Å². The van der Waals surface area contributed by atoms with E-state index in [0.717, 1.165) is 18.0 Å². The van der Waals surface area contributed by atoms with Crippen LogP contribution in [0.2, 0.25) is 0 Å². The van der Waals surface area contributed by atoms with Gasteiger partial charge in [0, 0.05) is 18.2 Å². The monoisotopic (exact) mass is 317 g/mol. The number of nitrogens with one attached hydrogen (secondary N) is 1. The Labute approximate surface area is 144 Å². The summed E-state index contributed by atoms with van der Waals surface area (Å²) >= 11 is 0. The van der Waals surface area contributed by atoms with Crippen molar-refractivity contribution in [2.24, 2.45) is 0 Å². The molecule has 0 aromatic heterocycles. The summed E-state index contributed by atoms with van der Waals surface area (Å²) in [6.45, 7) is 3.54. The predicted molar refractivity (Wildman–Crippen MR) is 101 cm³/mol. The number of benzene rings is 3. The standard InChI is InChI=1S/C22H23NO/c1-2-24-21-15-13-20(14-16-21)23-17-22(18-9-5-3-6-10-18)19-11-7-4-8-12-19/h3-16,22-23H,2,17H2,1H3. The van der Waals surface area contributed by atoms with Crippen molar-refractivity contribution in [1.82, 2.24) is 0 Å². The minimum atomic E-state index is 0.318. The lowest BCUT2D eigenvalue weighted by Crippen LogP contribution is -2.14. The van der Waals surface area contributed by atoms with Gasteiger partial charge in [-0.05, 0) is 42.3 Å². The van der Waals surface area contributed by atoms with Crippen LogP contribution in [0, 0.1) is 0 Å². The Bertz CT molecular complexity index is 683. The number of ether oxygens (including phenoxy) is 1. The highest BCUT2D eigenvalue weighted by Crippen LogP contribution is 2.25. The van der Waals surface area contributed by atoms with Gasteiger partial charge >= 0.3 is 0 Å². The molecule has 0 aliphatic heterocycles. The van der Waals surface area contributed by atoms with Crippen LogP contribution in [-0.2, 0) is 0 Å². The van der Waals surface area contributed by atoms with Gasteiger partial charge < -0.3 is 10.1 Å². The molecule has 1 N–H and O–H groups in total. The summed E-state index contributed by atoms with van der Waals surface area (Å²) in [5.41, 5.74) is 3.75. The van der Waals surface area contributed by atoms with Gasteiger partial charge in [0.05, 0.1) is 6.61 Å². The highest BCUT2D eigenvalue weighted by molar-refractivity contribution is 5.47. The number of hydrogen-bond donors (Lipinski definition) is 1. The van der Waals surface area contributed by atoms with Crippen LogP contribution in [0.5, 0.6) is 5.75 Å². The normalized spacial score (nSPS) is 10.6. The highest BCUT2D eigenvalue weighted by atomic mass is 16.5. The van der Waals surface area contributed by atoms with Crippen molar-refractivity contribution in [2.45, 2.75) is 12.8 Å². The van der Waals surface area contributed by atoms with Crippen LogP contribution in [-0.4, -0.2) is 13.2 Å². The van der Waals surface area contributed by atoms with Crippen LogP contribution in [0.4, 0.5) is 5.69 Å². The largest absolute Gasteiger partial charge is 0.494 e. The van der Waals surface area contributed by atoms with Gasteiger partial charge in [0.2, 0.25) is 0 Å². The van der Waals surface area contributed by atoms with Crippen molar-refractivity contribution < 1.29 is 4.74 Å². The fourth-order valence-electron chi connectivity index (χ4n) is 2.85. The van der Waals surface area contributed by atoms with E-state index in [1.54, 1.807) is 0 Å². The molecule has 0 unspecified atom stereocenters. The first-order valence-electron chi connectivity index (χ1n) is 8.43. The fraction of sp³-hybridized carbons (Fsp3) is 0.182. The van der Waals surface area contributed by atoms with Gasteiger partial charge in [-0.15, -0.1) is 0 Å². The molecule has 0 aliphatic carbocycles. The Morgan fingerprint density at radius 3 is 1.79 bits per heavy atom. The van der Waals surface area contributed by atoms with E-state index >= 15 is 0 Å². The van der Waals surface area contributed by atoms with Gasteiger partial charge in [-0.3, -0.25) is 0 Å². The molecule has 0 fully saturated rings. The smallest absolute Gasteiger partial charge is 0.119 e. The van der Waals surface area contributed by atoms with Gasteiger partial charge in [-0.2, -0.15) is 0 Å². The first-order chi connectivity index (χ1) is 11.9. The highest BCUT2D eigenvalue weighted by Gasteiger charge is 2.13. The Morgan fingerprint density at radius 2 is 1.29 bits per heavy atom. The predicted octanol–water partition coefficient (Wildman–Crippen LogP) is 5.33. The molecule has 0 bridgehead atoms. The topological polar surface area (TPSA) is 21.3 Å². The summed E-state index contributed by atoms with van der Waals surface area (Å²) in [6, 6.07) is 29.4. The zero-order valence-corrected chi connectivity index (χ0v) is 14.0. The van der Waals surface area contributed by atoms with Crippen molar-refractivity contribution in [2.75, 3.05) is 18.5 Å². The van der Waals surface area contributed by atoms with E-state index in [0.29, 0.717) is 12.5 Å². The second-order valence-electron chi connectivity index (χ2n) is 5.71. The van der Waals surface area contributed by atoms with Crippen LogP contribution in [0.3, 0.4) is 0 Å². The Balaban J connectivity index is 1.75. The van der Waals surface area contributed by atoms with E-state index in [2.05, 4.69) is 78.1 Å². The molecule has 3 rings (SSSR count). The molecule has 3 aromatic carbocycles. The molecule has 0 saturated carbocycles. The Hall–Kier alpha value is -2.74. The maximum Gasteiger partial charge on any atom is 0.119 e. The van der Waals surface area contributed by atoms with E-state index in [1.165, 1.54) is 11.1 Å².